The van der Waals surface area contributed by atoms with Gasteiger partial charge in [0, 0.05) is 27.6 Å². The summed E-state index contributed by atoms with van der Waals surface area (Å²) in [5.74, 6) is 0.0770. The van der Waals surface area contributed by atoms with Crippen LogP contribution in [0.5, 0.6) is 0 Å². The van der Waals surface area contributed by atoms with Crippen LogP contribution in [0.2, 0.25) is 0 Å². The number of rotatable bonds is 3. The number of nitrogens with zero attached hydrogens (tertiary/aromatic N) is 1. The van der Waals surface area contributed by atoms with Crippen molar-refractivity contribution < 1.29 is 4.79 Å². The Morgan fingerprint density at radius 3 is 2.27 bits per heavy atom. The lowest BCUT2D eigenvalue weighted by Gasteiger charge is -2.18. The molecule has 1 rings (SSSR count). The van der Waals surface area contributed by atoms with Gasteiger partial charge in [0.1, 0.15) is 0 Å². The third-order valence-electron chi connectivity index (χ3n) is 2.22. The maximum atomic E-state index is 12.0. The Balaban J connectivity index is 2.96. The summed E-state index contributed by atoms with van der Waals surface area (Å²) in [5.41, 5.74) is 0.716. The number of hydrogen-bond donors (Lipinski definition) is 0. The number of carbonyl (C=O) groups is 1. The summed E-state index contributed by atoms with van der Waals surface area (Å²) in [5, 5.41) is 0. The first-order chi connectivity index (χ1) is 7.10. The monoisotopic (exact) mass is 333 g/mol. The molecule has 0 atom stereocenters. The molecule has 1 aromatic rings. The Hall–Kier alpha value is -0.350. The van der Waals surface area contributed by atoms with Crippen molar-refractivity contribution in [3.05, 3.63) is 32.7 Å². The molecule has 0 aromatic heterocycles. The number of benzene rings is 1. The molecule has 0 bridgehead atoms. The van der Waals surface area contributed by atoms with Crippen molar-refractivity contribution in [1.29, 1.82) is 0 Å². The van der Waals surface area contributed by atoms with Gasteiger partial charge in [0.25, 0.3) is 5.91 Å². The zero-order valence-electron chi connectivity index (χ0n) is 8.76. The molecular formula is C11H13Br2NO. The zero-order valence-corrected chi connectivity index (χ0v) is 11.9. The normalized spacial score (nSPS) is 10.1. The van der Waals surface area contributed by atoms with Gasteiger partial charge in [-0.2, -0.15) is 0 Å². The second-order valence-corrected chi connectivity index (χ2v) is 4.82. The summed E-state index contributed by atoms with van der Waals surface area (Å²) in [6.45, 7) is 5.44. The van der Waals surface area contributed by atoms with E-state index in [-0.39, 0.29) is 5.91 Å². The van der Waals surface area contributed by atoms with Crippen LogP contribution >= 0.6 is 31.9 Å². The van der Waals surface area contributed by atoms with E-state index in [2.05, 4.69) is 31.9 Å². The summed E-state index contributed by atoms with van der Waals surface area (Å²) in [4.78, 5) is 13.8. The van der Waals surface area contributed by atoms with Gasteiger partial charge in [0.15, 0.2) is 0 Å². The van der Waals surface area contributed by atoms with Crippen LogP contribution in [-0.2, 0) is 0 Å². The minimum absolute atomic E-state index is 0.0770. The molecule has 0 unspecified atom stereocenters. The van der Waals surface area contributed by atoms with Crippen LogP contribution in [0.25, 0.3) is 0 Å². The average molecular weight is 335 g/mol. The largest absolute Gasteiger partial charge is 0.339 e. The molecule has 1 aromatic carbocycles. The molecule has 82 valence electrons. The Bertz CT molecular complexity index is 362. The average Bonchev–Trinajstić information content (AvgIpc) is 2.23. The van der Waals surface area contributed by atoms with Gasteiger partial charge in [-0.15, -0.1) is 0 Å². The number of amides is 1. The fraction of sp³-hybridized carbons (Fsp3) is 0.364. The van der Waals surface area contributed by atoms with Gasteiger partial charge in [0.2, 0.25) is 0 Å². The quantitative estimate of drug-likeness (QED) is 0.825. The third kappa shape index (κ3) is 3.05. The van der Waals surface area contributed by atoms with Crippen LogP contribution in [0.1, 0.15) is 24.2 Å². The highest BCUT2D eigenvalue weighted by atomic mass is 79.9. The standard InChI is InChI=1S/C11H13Br2NO/c1-3-14(4-2)11(15)8-5-6-9(12)10(13)7-8/h5-7H,3-4H2,1-2H3. The molecule has 0 fully saturated rings. The molecule has 0 saturated heterocycles. The molecule has 4 heteroatoms. The van der Waals surface area contributed by atoms with Crippen molar-refractivity contribution in [2.45, 2.75) is 13.8 Å². The number of halogens is 2. The first-order valence-corrected chi connectivity index (χ1v) is 6.43. The van der Waals surface area contributed by atoms with E-state index in [1.54, 1.807) is 4.90 Å². The first-order valence-electron chi connectivity index (χ1n) is 4.84. The molecule has 0 aliphatic rings. The van der Waals surface area contributed by atoms with Crippen LogP contribution in [0.15, 0.2) is 27.1 Å². The van der Waals surface area contributed by atoms with E-state index in [9.17, 15) is 4.79 Å². The van der Waals surface area contributed by atoms with Gasteiger partial charge in [0.05, 0.1) is 0 Å². The van der Waals surface area contributed by atoms with Crippen molar-refractivity contribution in [3.8, 4) is 0 Å². The minimum Gasteiger partial charge on any atom is -0.339 e. The predicted molar refractivity (Wildman–Crippen MR) is 69.1 cm³/mol. The number of carbonyl (C=O) groups excluding carboxylic acids is 1. The highest BCUT2D eigenvalue weighted by Gasteiger charge is 2.12. The van der Waals surface area contributed by atoms with Crippen LogP contribution in [-0.4, -0.2) is 23.9 Å². The van der Waals surface area contributed by atoms with Crippen LogP contribution in [0.3, 0.4) is 0 Å². The maximum Gasteiger partial charge on any atom is 0.253 e. The van der Waals surface area contributed by atoms with E-state index in [4.69, 9.17) is 0 Å². The molecule has 0 heterocycles. The van der Waals surface area contributed by atoms with Gasteiger partial charge in [-0.1, -0.05) is 0 Å². The van der Waals surface area contributed by atoms with E-state index in [1.165, 1.54) is 0 Å². The SMILES string of the molecule is CCN(CC)C(=O)c1ccc(Br)c(Br)c1. The van der Waals surface area contributed by atoms with E-state index in [1.807, 2.05) is 32.0 Å². The van der Waals surface area contributed by atoms with Gasteiger partial charge in [-0.3, -0.25) is 4.79 Å². The fourth-order valence-corrected chi connectivity index (χ4v) is 1.95. The maximum absolute atomic E-state index is 12.0. The summed E-state index contributed by atoms with van der Waals surface area (Å²) < 4.78 is 1.86. The Morgan fingerprint density at radius 2 is 1.80 bits per heavy atom. The van der Waals surface area contributed by atoms with Crippen molar-refractivity contribution in [2.75, 3.05) is 13.1 Å². The van der Waals surface area contributed by atoms with Crippen LogP contribution < -0.4 is 0 Å². The highest BCUT2D eigenvalue weighted by molar-refractivity contribution is 9.13. The number of hydrogen-bond acceptors (Lipinski definition) is 1. The summed E-state index contributed by atoms with van der Waals surface area (Å²) >= 11 is 6.77. The molecule has 0 aliphatic heterocycles. The molecule has 0 spiro atoms. The predicted octanol–water partition coefficient (Wildman–Crippen LogP) is 3.69. The van der Waals surface area contributed by atoms with Gasteiger partial charge in [-0.25, -0.2) is 0 Å². The summed E-state index contributed by atoms with van der Waals surface area (Å²) in [6, 6.07) is 5.54. The highest BCUT2D eigenvalue weighted by Crippen LogP contribution is 2.24. The molecule has 2 nitrogen and oxygen atoms in total. The topological polar surface area (TPSA) is 20.3 Å². The molecule has 0 aliphatic carbocycles. The van der Waals surface area contributed by atoms with E-state index >= 15 is 0 Å². The Morgan fingerprint density at radius 1 is 1.20 bits per heavy atom. The summed E-state index contributed by atoms with van der Waals surface area (Å²) in [6.07, 6.45) is 0. The first kappa shape index (κ1) is 12.7. The van der Waals surface area contributed by atoms with Crippen molar-refractivity contribution in [1.82, 2.24) is 4.90 Å². The Kier molecular flexibility index (Phi) is 4.80. The lowest BCUT2D eigenvalue weighted by molar-refractivity contribution is 0.0773. The van der Waals surface area contributed by atoms with Gasteiger partial charge >= 0.3 is 0 Å². The van der Waals surface area contributed by atoms with Gasteiger partial charge < -0.3 is 4.90 Å². The molecule has 0 radical (unpaired) electrons. The smallest absolute Gasteiger partial charge is 0.253 e. The lowest BCUT2D eigenvalue weighted by Crippen LogP contribution is -2.30. The second-order valence-electron chi connectivity index (χ2n) is 3.11. The molecule has 0 N–H and O–H groups in total. The molecular weight excluding hydrogens is 322 g/mol. The van der Waals surface area contributed by atoms with Crippen molar-refractivity contribution in [3.63, 3.8) is 0 Å². The van der Waals surface area contributed by atoms with Crippen molar-refractivity contribution in [2.24, 2.45) is 0 Å². The molecule has 15 heavy (non-hydrogen) atoms. The Labute approximate surface area is 107 Å². The third-order valence-corrected chi connectivity index (χ3v) is 4.10. The van der Waals surface area contributed by atoms with Crippen LogP contribution in [0.4, 0.5) is 0 Å². The molecule has 0 saturated carbocycles. The van der Waals surface area contributed by atoms with Crippen molar-refractivity contribution >= 4 is 37.8 Å². The van der Waals surface area contributed by atoms with E-state index in [0.29, 0.717) is 5.56 Å². The zero-order chi connectivity index (χ0) is 11.4. The second kappa shape index (κ2) is 5.66. The lowest BCUT2D eigenvalue weighted by atomic mass is 10.2. The van der Waals surface area contributed by atoms with Crippen LogP contribution in [0, 0.1) is 0 Å². The van der Waals surface area contributed by atoms with E-state index in [0.717, 1.165) is 22.0 Å². The van der Waals surface area contributed by atoms with E-state index < -0.39 is 0 Å². The summed E-state index contributed by atoms with van der Waals surface area (Å²) in [7, 11) is 0. The molecule has 1 amide bonds. The minimum atomic E-state index is 0.0770. The van der Waals surface area contributed by atoms with Gasteiger partial charge in [-0.05, 0) is 63.9 Å². The fourth-order valence-electron chi connectivity index (χ4n) is 1.32.